The first-order valence-corrected chi connectivity index (χ1v) is 5.76. The second-order valence-corrected chi connectivity index (χ2v) is 4.21. The first-order valence-electron chi connectivity index (χ1n) is 5.76. The molecule has 2 aromatic heterocycles. The number of rotatable bonds is 5. The van der Waals surface area contributed by atoms with Crippen LogP contribution >= 0.6 is 0 Å². The van der Waals surface area contributed by atoms with E-state index in [0.717, 1.165) is 5.82 Å². The van der Waals surface area contributed by atoms with Crippen LogP contribution in [0.1, 0.15) is 18.7 Å². The average molecular weight is 262 g/mol. The van der Waals surface area contributed by atoms with Gasteiger partial charge in [0.15, 0.2) is 0 Å². The number of aryl methyl sites for hydroxylation is 1. The van der Waals surface area contributed by atoms with Crippen LogP contribution in [0.5, 0.6) is 0 Å². The quantitative estimate of drug-likeness (QED) is 0.644. The highest BCUT2D eigenvalue weighted by molar-refractivity contribution is 5.55. The molecule has 0 saturated heterocycles. The topological polar surface area (TPSA) is 98.8 Å². The van der Waals surface area contributed by atoms with Crippen molar-refractivity contribution < 1.29 is 4.92 Å². The molecule has 0 spiro atoms. The van der Waals surface area contributed by atoms with Gasteiger partial charge in [0.05, 0.1) is 4.92 Å². The van der Waals surface area contributed by atoms with Crippen molar-refractivity contribution in [3.8, 4) is 0 Å². The van der Waals surface area contributed by atoms with Crippen molar-refractivity contribution in [3.05, 3.63) is 40.6 Å². The number of nitrogens with one attached hydrogen (secondary N) is 1. The van der Waals surface area contributed by atoms with E-state index in [1.165, 1.54) is 18.3 Å². The first-order chi connectivity index (χ1) is 9.09. The Morgan fingerprint density at radius 3 is 3.00 bits per heavy atom. The van der Waals surface area contributed by atoms with Crippen molar-refractivity contribution >= 4 is 11.5 Å². The van der Waals surface area contributed by atoms with E-state index in [1.54, 1.807) is 6.33 Å². The molecule has 100 valence electrons. The number of nitrogens with zero attached hydrogens (tertiary/aromatic N) is 5. The van der Waals surface area contributed by atoms with E-state index in [9.17, 15) is 10.1 Å². The maximum Gasteiger partial charge on any atom is 0.311 e. The zero-order chi connectivity index (χ0) is 13.8. The van der Waals surface area contributed by atoms with E-state index in [4.69, 9.17) is 0 Å². The van der Waals surface area contributed by atoms with Crippen LogP contribution in [0, 0.1) is 10.1 Å². The maximum atomic E-state index is 10.8. The highest BCUT2D eigenvalue weighted by Gasteiger charge is 2.16. The van der Waals surface area contributed by atoms with Crippen LogP contribution in [0.3, 0.4) is 0 Å². The molecule has 0 radical (unpaired) electrons. The van der Waals surface area contributed by atoms with Crippen molar-refractivity contribution in [2.24, 2.45) is 7.05 Å². The summed E-state index contributed by atoms with van der Waals surface area (Å²) in [5.41, 5.74) is -0.0346. The third kappa shape index (κ3) is 2.84. The zero-order valence-corrected chi connectivity index (χ0v) is 10.6. The molecule has 1 atom stereocenters. The SMILES string of the molecule is C[C@@H](CNc1ncccc1[N+](=O)[O-])c1nncn1C. The van der Waals surface area contributed by atoms with Gasteiger partial charge >= 0.3 is 5.69 Å². The molecule has 0 aromatic carbocycles. The molecule has 19 heavy (non-hydrogen) atoms. The van der Waals surface area contributed by atoms with Crippen molar-refractivity contribution in [1.29, 1.82) is 0 Å². The Bertz CT molecular complexity index is 582. The fourth-order valence-electron chi connectivity index (χ4n) is 1.76. The highest BCUT2D eigenvalue weighted by Crippen LogP contribution is 2.21. The van der Waals surface area contributed by atoms with Crippen LogP contribution in [0.15, 0.2) is 24.7 Å². The Labute approximate surface area is 109 Å². The smallest absolute Gasteiger partial charge is 0.311 e. The van der Waals surface area contributed by atoms with E-state index in [2.05, 4.69) is 20.5 Å². The lowest BCUT2D eigenvalue weighted by Crippen LogP contribution is -2.15. The third-order valence-corrected chi connectivity index (χ3v) is 2.75. The standard InChI is InChI=1S/C11H14N6O2/c1-8(11-15-14-7-16(11)2)6-13-10-9(17(18)19)4-3-5-12-10/h3-5,7-8H,6H2,1-2H3,(H,12,13)/t8-/m0/s1. The summed E-state index contributed by atoms with van der Waals surface area (Å²) in [5.74, 6) is 1.14. The molecule has 0 bridgehead atoms. The molecule has 0 aliphatic heterocycles. The van der Waals surface area contributed by atoms with Crippen molar-refractivity contribution in [1.82, 2.24) is 19.7 Å². The monoisotopic (exact) mass is 262 g/mol. The number of hydrogen-bond donors (Lipinski definition) is 1. The van der Waals surface area contributed by atoms with E-state index >= 15 is 0 Å². The Hall–Kier alpha value is -2.51. The van der Waals surface area contributed by atoms with Gasteiger partial charge in [-0.25, -0.2) is 4.98 Å². The second-order valence-electron chi connectivity index (χ2n) is 4.21. The van der Waals surface area contributed by atoms with Crippen LogP contribution in [-0.4, -0.2) is 31.2 Å². The Balaban J connectivity index is 2.07. The van der Waals surface area contributed by atoms with Crippen LogP contribution in [0.25, 0.3) is 0 Å². The summed E-state index contributed by atoms with van der Waals surface area (Å²) in [7, 11) is 1.86. The molecule has 8 nitrogen and oxygen atoms in total. The summed E-state index contributed by atoms with van der Waals surface area (Å²) < 4.78 is 1.82. The van der Waals surface area contributed by atoms with Gasteiger partial charge in [-0.3, -0.25) is 10.1 Å². The van der Waals surface area contributed by atoms with Gasteiger partial charge in [-0.2, -0.15) is 0 Å². The molecule has 0 aliphatic carbocycles. The van der Waals surface area contributed by atoms with Crippen LogP contribution in [0.4, 0.5) is 11.5 Å². The van der Waals surface area contributed by atoms with Gasteiger partial charge in [0.2, 0.25) is 5.82 Å². The molecule has 0 aliphatic rings. The molecular formula is C11H14N6O2. The fourth-order valence-corrected chi connectivity index (χ4v) is 1.76. The summed E-state index contributed by atoms with van der Waals surface area (Å²) in [6.45, 7) is 2.45. The fraction of sp³-hybridized carbons (Fsp3) is 0.364. The lowest BCUT2D eigenvalue weighted by Gasteiger charge is -2.12. The van der Waals surface area contributed by atoms with Gasteiger partial charge in [-0.1, -0.05) is 6.92 Å². The molecule has 2 aromatic rings. The van der Waals surface area contributed by atoms with Crippen molar-refractivity contribution in [3.63, 3.8) is 0 Å². The summed E-state index contributed by atoms with van der Waals surface area (Å²) in [6, 6.07) is 2.96. The van der Waals surface area contributed by atoms with Gasteiger partial charge in [-0.05, 0) is 6.07 Å². The number of anilines is 1. The van der Waals surface area contributed by atoms with Crippen LogP contribution < -0.4 is 5.32 Å². The minimum Gasteiger partial charge on any atom is -0.364 e. The molecule has 0 saturated carbocycles. The van der Waals surface area contributed by atoms with Crippen molar-refractivity contribution in [2.45, 2.75) is 12.8 Å². The first kappa shape index (κ1) is 12.9. The molecule has 0 amide bonds. The van der Waals surface area contributed by atoms with Gasteiger partial charge in [-0.15, -0.1) is 10.2 Å². The van der Waals surface area contributed by atoms with E-state index in [1.807, 2.05) is 18.5 Å². The van der Waals surface area contributed by atoms with E-state index in [-0.39, 0.29) is 17.4 Å². The molecular weight excluding hydrogens is 248 g/mol. The van der Waals surface area contributed by atoms with E-state index in [0.29, 0.717) is 6.54 Å². The summed E-state index contributed by atoms with van der Waals surface area (Å²) in [6.07, 6.45) is 3.14. The average Bonchev–Trinajstić information content (AvgIpc) is 2.82. The number of aromatic nitrogens is 4. The minimum absolute atomic E-state index is 0.0346. The van der Waals surface area contributed by atoms with Crippen LogP contribution in [-0.2, 0) is 7.05 Å². The summed E-state index contributed by atoms with van der Waals surface area (Å²) in [4.78, 5) is 14.4. The van der Waals surface area contributed by atoms with Gasteiger partial charge in [0.25, 0.3) is 0 Å². The third-order valence-electron chi connectivity index (χ3n) is 2.75. The zero-order valence-electron chi connectivity index (χ0n) is 10.6. The second kappa shape index (κ2) is 5.42. The lowest BCUT2D eigenvalue weighted by molar-refractivity contribution is -0.384. The molecule has 8 heteroatoms. The molecule has 0 fully saturated rings. The maximum absolute atomic E-state index is 10.8. The van der Waals surface area contributed by atoms with Gasteiger partial charge < -0.3 is 9.88 Å². The van der Waals surface area contributed by atoms with Crippen molar-refractivity contribution in [2.75, 3.05) is 11.9 Å². The minimum atomic E-state index is -0.456. The number of pyridine rings is 1. The number of nitro groups is 1. The normalized spacial score (nSPS) is 12.1. The van der Waals surface area contributed by atoms with Gasteiger partial charge in [0, 0.05) is 31.8 Å². The largest absolute Gasteiger partial charge is 0.364 e. The molecule has 1 N–H and O–H groups in total. The Morgan fingerprint density at radius 2 is 2.37 bits per heavy atom. The van der Waals surface area contributed by atoms with Gasteiger partial charge in [0.1, 0.15) is 12.2 Å². The predicted octanol–water partition coefficient (Wildman–Crippen LogP) is 1.33. The Morgan fingerprint density at radius 1 is 1.58 bits per heavy atom. The lowest BCUT2D eigenvalue weighted by atomic mass is 10.1. The summed E-state index contributed by atoms with van der Waals surface area (Å²) in [5, 5.41) is 21.6. The predicted molar refractivity (Wildman–Crippen MR) is 68.8 cm³/mol. The molecule has 2 rings (SSSR count). The molecule has 0 unspecified atom stereocenters. The Kier molecular flexibility index (Phi) is 3.69. The molecule has 2 heterocycles. The van der Waals surface area contributed by atoms with E-state index < -0.39 is 4.92 Å². The highest BCUT2D eigenvalue weighted by atomic mass is 16.6. The summed E-state index contributed by atoms with van der Waals surface area (Å²) >= 11 is 0. The number of hydrogen-bond acceptors (Lipinski definition) is 6. The van der Waals surface area contributed by atoms with Crippen LogP contribution in [0.2, 0.25) is 0 Å².